The van der Waals surface area contributed by atoms with Gasteiger partial charge in [0.25, 0.3) is 0 Å². The largest absolute Gasteiger partial charge is 0.480 e. The van der Waals surface area contributed by atoms with E-state index in [2.05, 4.69) is 12.1 Å². The highest BCUT2D eigenvalue weighted by Crippen LogP contribution is 2.07. The van der Waals surface area contributed by atoms with Crippen LogP contribution in [0.5, 0.6) is 0 Å². The molecule has 0 saturated carbocycles. The number of hydrogen-bond acceptors (Lipinski definition) is 6. The molecule has 0 aliphatic rings. The molecule has 7 heteroatoms. The maximum absolute atomic E-state index is 10.4. The van der Waals surface area contributed by atoms with Gasteiger partial charge in [-0.05, 0) is 53.9 Å². The van der Waals surface area contributed by atoms with Crippen molar-refractivity contribution in [1.29, 1.82) is 0 Å². The first-order valence-corrected chi connectivity index (χ1v) is 15.2. The van der Waals surface area contributed by atoms with Gasteiger partial charge in [0.2, 0.25) is 0 Å². The van der Waals surface area contributed by atoms with E-state index in [0.29, 0.717) is 12.3 Å². The van der Waals surface area contributed by atoms with Gasteiger partial charge in [-0.15, -0.1) is 0 Å². The van der Waals surface area contributed by atoms with E-state index in [1.165, 1.54) is 16.7 Å². The van der Waals surface area contributed by atoms with Crippen molar-refractivity contribution in [2.24, 2.45) is 23.3 Å². The van der Waals surface area contributed by atoms with Gasteiger partial charge in [-0.1, -0.05) is 135 Å². The zero-order valence-electron chi connectivity index (χ0n) is 26.5. The van der Waals surface area contributed by atoms with E-state index in [4.69, 9.17) is 26.8 Å². The highest BCUT2D eigenvalue weighted by molar-refractivity contribution is 5.73. The number of aldehydes is 1. The number of carbonyl (C=O) groups excluding carboxylic acids is 1. The van der Waals surface area contributed by atoms with Crippen LogP contribution >= 0.6 is 0 Å². The molecule has 7 nitrogen and oxygen atoms in total. The van der Waals surface area contributed by atoms with Crippen LogP contribution in [0.2, 0.25) is 0 Å². The first kappa shape index (κ1) is 38.9. The Morgan fingerprint density at radius 3 is 1.29 bits per heavy atom. The normalized spacial score (nSPS) is 12.7. The number of carbonyl (C=O) groups is 2. The molecule has 4 aromatic rings. The molecular weight excluding hydrogens is 564 g/mol. The lowest BCUT2D eigenvalue weighted by Gasteiger charge is -2.06. The van der Waals surface area contributed by atoms with Crippen LogP contribution in [0.3, 0.4) is 0 Å². The Balaban J connectivity index is 0.000000300. The fourth-order valence-corrected chi connectivity index (χ4v) is 4.05. The molecule has 0 unspecified atom stereocenters. The topological polar surface area (TPSA) is 147 Å². The summed E-state index contributed by atoms with van der Waals surface area (Å²) in [4.78, 5) is 20.7. The second-order valence-electron chi connectivity index (χ2n) is 11.0. The van der Waals surface area contributed by atoms with Gasteiger partial charge in [-0.3, -0.25) is 4.79 Å². The highest BCUT2D eigenvalue weighted by Gasteiger charge is 2.11. The lowest BCUT2D eigenvalue weighted by molar-refractivity contribution is -0.138. The van der Waals surface area contributed by atoms with Crippen LogP contribution in [-0.4, -0.2) is 52.9 Å². The minimum absolute atomic E-state index is 0.0505. The summed E-state index contributed by atoms with van der Waals surface area (Å²) in [6.45, 7) is 4.30. The van der Waals surface area contributed by atoms with Crippen molar-refractivity contribution in [3.8, 4) is 0 Å². The number of carboxylic acids is 1. The summed E-state index contributed by atoms with van der Waals surface area (Å²) in [6, 6.07) is 38.6. The Kier molecular flexibility index (Phi) is 20.9. The van der Waals surface area contributed by atoms with Gasteiger partial charge in [0.05, 0.1) is 6.61 Å². The smallest absolute Gasteiger partial charge is 0.320 e. The lowest BCUT2D eigenvalue weighted by Crippen LogP contribution is -2.32. The summed E-state index contributed by atoms with van der Waals surface area (Å²) in [6.07, 6.45) is 3.95. The Morgan fingerprint density at radius 2 is 0.956 bits per heavy atom. The Morgan fingerprint density at radius 1 is 0.600 bits per heavy atom. The average Bonchev–Trinajstić information content (AvgIpc) is 3.07. The quantitative estimate of drug-likeness (QED) is 0.139. The minimum Gasteiger partial charge on any atom is -0.480 e. The van der Waals surface area contributed by atoms with Gasteiger partial charge in [-0.2, -0.15) is 0 Å². The Bertz CT molecular complexity index is 1230. The number of aliphatic carboxylic acids is 1. The molecule has 0 aliphatic heterocycles. The molecule has 0 saturated heterocycles. The summed E-state index contributed by atoms with van der Waals surface area (Å²) >= 11 is 0. The van der Waals surface area contributed by atoms with Crippen molar-refractivity contribution >= 4 is 12.3 Å². The summed E-state index contributed by atoms with van der Waals surface area (Å²) in [7, 11) is 0. The van der Waals surface area contributed by atoms with E-state index in [0.717, 1.165) is 31.1 Å². The van der Waals surface area contributed by atoms with Crippen molar-refractivity contribution in [3.05, 3.63) is 144 Å². The minimum atomic E-state index is -0.959. The molecule has 45 heavy (non-hydrogen) atoms. The SMILES string of the molecule is C[C@H](C=O)Cc1ccccc1.C[C@H](CO)Cc1ccccc1.N[C@@H](Cc1ccccc1)C(=O)O.N[C@H](CO)Cc1ccccc1. The van der Waals surface area contributed by atoms with Crippen molar-refractivity contribution in [1.82, 2.24) is 0 Å². The first-order valence-electron chi connectivity index (χ1n) is 15.2. The molecule has 4 atom stereocenters. The number of carboxylic acid groups (broad SMARTS) is 1. The van der Waals surface area contributed by atoms with Gasteiger partial charge in [0.15, 0.2) is 0 Å². The molecule has 4 rings (SSSR count). The van der Waals surface area contributed by atoms with E-state index in [-0.39, 0.29) is 25.2 Å². The van der Waals surface area contributed by atoms with E-state index in [1.807, 2.05) is 123 Å². The van der Waals surface area contributed by atoms with Gasteiger partial charge < -0.3 is 31.6 Å². The van der Waals surface area contributed by atoms with E-state index >= 15 is 0 Å². The molecule has 0 heterocycles. The van der Waals surface area contributed by atoms with Gasteiger partial charge in [0.1, 0.15) is 12.3 Å². The molecule has 0 spiro atoms. The second-order valence-corrected chi connectivity index (χ2v) is 11.0. The Labute approximate surface area is 268 Å². The van der Waals surface area contributed by atoms with Crippen LogP contribution in [-0.2, 0) is 35.3 Å². The highest BCUT2D eigenvalue weighted by atomic mass is 16.4. The third kappa shape index (κ3) is 19.7. The molecule has 0 bridgehead atoms. The van der Waals surface area contributed by atoms with Gasteiger partial charge >= 0.3 is 5.97 Å². The molecule has 242 valence electrons. The Hall–Kier alpha value is -4.14. The molecule has 7 N–H and O–H groups in total. The van der Waals surface area contributed by atoms with Crippen LogP contribution in [0.1, 0.15) is 36.1 Å². The van der Waals surface area contributed by atoms with Crippen molar-refractivity contribution in [3.63, 3.8) is 0 Å². The number of hydrogen-bond donors (Lipinski definition) is 5. The zero-order chi connectivity index (χ0) is 33.3. The van der Waals surface area contributed by atoms with Crippen LogP contribution in [0.15, 0.2) is 121 Å². The summed E-state index contributed by atoms with van der Waals surface area (Å²) < 4.78 is 0. The standard InChI is InChI=1S/C10H14O.C10H12O.C9H11NO2.C9H13NO/c2*1-9(8-11)7-10-5-3-2-4-6-10;10-8(9(11)12)6-7-4-2-1-3-5-7;10-9(7-11)6-8-4-2-1-3-5-8/h2-6,9,11H,7-8H2,1H3;2-6,8-9H,7H2,1H3;1-5,8H,6,10H2,(H,11,12);1-5,9,11H,6-7,10H2/t2*9-;8-;9-/m0000/s1. The van der Waals surface area contributed by atoms with Crippen molar-refractivity contribution < 1.29 is 24.9 Å². The zero-order valence-corrected chi connectivity index (χ0v) is 26.5. The average molecular weight is 615 g/mol. The van der Waals surface area contributed by atoms with Gasteiger partial charge in [0, 0.05) is 18.6 Å². The van der Waals surface area contributed by atoms with Crippen LogP contribution < -0.4 is 11.5 Å². The van der Waals surface area contributed by atoms with Crippen molar-refractivity contribution in [2.75, 3.05) is 13.2 Å². The molecular formula is C38H50N2O5. The molecule has 0 amide bonds. The fraction of sp³-hybridized carbons (Fsp3) is 0.316. The number of benzene rings is 4. The molecule has 0 aromatic heterocycles. The lowest BCUT2D eigenvalue weighted by atomic mass is 10.0. The first-order chi connectivity index (χ1) is 21.7. The van der Waals surface area contributed by atoms with Crippen LogP contribution in [0.25, 0.3) is 0 Å². The number of aliphatic hydroxyl groups excluding tert-OH is 2. The van der Waals surface area contributed by atoms with Crippen LogP contribution in [0, 0.1) is 11.8 Å². The maximum Gasteiger partial charge on any atom is 0.320 e. The molecule has 0 radical (unpaired) electrons. The van der Waals surface area contributed by atoms with Gasteiger partial charge in [-0.25, -0.2) is 0 Å². The van der Waals surface area contributed by atoms with E-state index in [1.54, 1.807) is 0 Å². The number of aliphatic hydroxyl groups is 2. The predicted molar refractivity (Wildman–Crippen MR) is 183 cm³/mol. The monoisotopic (exact) mass is 614 g/mol. The van der Waals surface area contributed by atoms with E-state index < -0.39 is 12.0 Å². The number of rotatable bonds is 12. The third-order valence-corrected chi connectivity index (χ3v) is 6.56. The van der Waals surface area contributed by atoms with E-state index in [9.17, 15) is 9.59 Å². The summed E-state index contributed by atoms with van der Waals surface area (Å²) in [5.74, 6) is -0.450. The number of nitrogens with two attached hydrogens (primary N) is 2. The predicted octanol–water partition coefficient (Wildman–Crippen LogP) is 5.11. The second kappa shape index (κ2) is 24.2. The summed E-state index contributed by atoms with van der Waals surface area (Å²) in [5.41, 5.74) is 15.6. The molecule has 0 fully saturated rings. The molecule has 4 aromatic carbocycles. The van der Waals surface area contributed by atoms with Crippen LogP contribution in [0.4, 0.5) is 0 Å². The maximum atomic E-state index is 10.4. The molecule has 0 aliphatic carbocycles. The van der Waals surface area contributed by atoms with Crippen molar-refractivity contribution in [2.45, 2.75) is 51.6 Å². The fourth-order valence-electron chi connectivity index (χ4n) is 4.05. The summed E-state index contributed by atoms with van der Waals surface area (Å²) in [5, 5.41) is 26.0. The third-order valence-electron chi connectivity index (χ3n) is 6.56.